The van der Waals surface area contributed by atoms with Crippen molar-refractivity contribution >= 4 is 11.6 Å². The van der Waals surface area contributed by atoms with Crippen LogP contribution in [0.4, 0.5) is 4.39 Å². The Morgan fingerprint density at radius 3 is 2.67 bits per heavy atom. The first-order valence-electron chi connectivity index (χ1n) is 3.71. The summed E-state index contributed by atoms with van der Waals surface area (Å²) in [6.45, 7) is 1.94. The number of rotatable bonds is 2. The van der Waals surface area contributed by atoms with Crippen molar-refractivity contribution in [3.63, 3.8) is 0 Å². The van der Waals surface area contributed by atoms with E-state index < -0.39 is 5.82 Å². The molecule has 0 spiro atoms. The van der Waals surface area contributed by atoms with Gasteiger partial charge in [-0.2, -0.15) is 0 Å². The third kappa shape index (κ3) is 1.69. The molecule has 0 aliphatic rings. The normalized spacial score (nSPS) is 10.0. The van der Waals surface area contributed by atoms with Crippen LogP contribution in [0.5, 0.6) is 5.75 Å². The van der Waals surface area contributed by atoms with Crippen molar-refractivity contribution in [2.24, 2.45) is 0 Å². The second kappa shape index (κ2) is 3.76. The van der Waals surface area contributed by atoms with Crippen LogP contribution >= 0.6 is 11.6 Å². The summed E-state index contributed by atoms with van der Waals surface area (Å²) in [4.78, 5) is 0. The Morgan fingerprint density at radius 1 is 1.50 bits per heavy atom. The van der Waals surface area contributed by atoms with Crippen LogP contribution < -0.4 is 4.74 Å². The molecule has 0 saturated carbocycles. The second-order valence-electron chi connectivity index (χ2n) is 2.43. The second-order valence-corrected chi connectivity index (χ2v) is 2.84. The first-order chi connectivity index (χ1) is 5.69. The summed E-state index contributed by atoms with van der Waals surface area (Å²) >= 11 is 5.57. The SMILES string of the molecule is CCc1cc(F)c(Cl)cc1OC. The molecule has 0 aliphatic carbocycles. The first kappa shape index (κ1) is 9.33. The zero-order valence-electron chi connectivity index (χ0n) is 7.03. The Balaban J connectivity index is 3.19. The lowest BCUT2D eigenvalue weighted by Gasteiger charge is -2.06. The lowest BCUT2D eigenvalue weighted by Crippen LogP contribution is -1.92. The van der Waals surface area contributed by atoms with E-state index in [2.05, 4.69) is 0 Å². The Hall–Kier alpha value is -0.760. The standard InChI is InChI=1S/C9H10ClFO/c1-3-6-4-8(11)7(10)5-9(6)12-2/h4-5H,3H2,1-2H3. The largest absolute Gasteiger partial charge is 0.496 e. The smallest absolute Gasteiger partial charge is 0.142 e. The number of hydrogen-bond acceptors (Lipinski definition) is 1. The highest BCUT2D eigenvalue weighted by atomic mass is 35.5. The third-order valence-corrected chi connectivity index (χ3v) is 1.99. The average molecular weight is 189 g/mol. The molecule has 3 heteroatoms. The van der Waals surface area contributed by atoms with E-state index >= 15 is 0 Å². The van der Waals surface area contributed by atoms with E-state index in [9.17, 15) is 4.39 Å². The zero-order valence-corrected chi connectivity index (χ0v) is 7.78. The fourth-order valence-electron chi connectivity index (χ4n) is 1.04. The molecule has 12 heavy (non-hydrogen) atoms. The van der Waals surface area contributed by atoms with Crippen molar-refractivity contribution in [2.75, 3.05) is 7.11 Å². The average Bonchev–Trinajstić information content (AvgIpc) is 2.09. The van der Waals surface area contributed by atoms with Crippen LogP contribution in [0.25, 0.3) is 0 Å². The highest BCUT2D eigenvalue weighted by Gasteiger charge is 2.06. The number of benzene rings is 1. The molecule has 1 rings (SSSR count). The van der Waals surface area contributed by atoms with Crippen LogP contribution in [-0.4, -0.2) is 7.11 Å². The van der Waals surface area contributed by atoms with Crippen LogP contribution in [0.2, 0.25) is 5.02 Å². The molecule has 1 aromatic carbocycles. The third-order valence-electron chi connectivity index (χ3n) is 1.70. The maximum absolute atomic E-state index is 12.9. The fourth-order valence-corrected chi connectivity index (χ4v) is 1.19. The van der Waals surface area contributed by atoms with E-state index in [0.717, 1.165) is 12.0 Å². The Labute approximate surface area is 76.1 Å². The number of halogens is 2. The van der Waals surface area contributed by atoms with Gasteiger partial charge in [-0.1, -0.05) is 18.5 Å². The highest BCUT2D eigenvalue weighted by Crippen LogP contribution is 2.26. The van der Waals surface area contributed by atoms with Gasteiger partial charge in [0.25, 0.3) is 0 Å². The molecule has 0 fully saturated rings. The van der Waals surface area contributed by atoms with Gasteiger partial charge in [-0.15, -0.1) is 0 Å². The summed E-state index contributed by atoms with van der Waals surface area (Å²) in [6, 6.07) is 2.90. The monoisotopic (exact) mass is 188 g/mol. The number of hydrogen-bond donors (Lipinski definition) is 0. The Morgan fingerprint density at radius 2 is 2.17 bits per heavy atom. The molecular formula is C9H10ClFO. The Kier molecular flexibility index (Phi) is 2.93. The van der Waals surface area contributed by atoms with Crippen LogP contribution in [0.1, 0.15) is 12.5 Å². The van der Waals surface area contributed by atoms with Crippen molar-refractivity contribution in [1.82, 2.24) is 0 Å². The molecular weight excluding hydrogens is 179 g/mol. The fraction of sp³-hybridized carbons (Fsp3) is 0.333. The van der Waals surface area contributed by atoms with E-state index in [1.807, 2.05) is 6.92 Å². The van der Waals surface area contributed by atoms with Gasteiger partial charge in [0.1, 0.15) is 11.6 Å². The molecule has 0 radical (unpaired) electrons. The molecule has 66 valence electrons. The predicted molar refractivity (Wildman–Crippen MR) is 47.3 cm³/mol. The summed E-state index contributed by atoms with van der Waals surface area (Å²) in [7, 11) is 1.54. The lowest BCUT2D eigenvalue weighted by atomic mass is 10.1. The summed E-state index contributed by atoms with van der Waals surface area (Å²) < 4.78 is 17.9. The number of ether oxygens (including phenoxy) is 1. The van der Waals surface area contributed by atoms with Crippen LogP contribution in [0, 0.1) is 5.82 Å². The summed E-state index contributed by atoms with van der Waals surface area (Å²) in [6.07, 6.45) is 0.733. The molecule has 1 aromatic rings. The minimum Gasteiger partial charge on any atom is -0.496 e. The van der Waals surface area contributed by atoms with Gasteiger partial charge in [0.2, 0.25) is 0 Å². The van der Waals surface area contributed by atoms with Gasteiger partial charge in [-0.25, -0.2) is 4.39 Å². The van der Waals surface area contributed by atoms with Gasteiger partial charge in [0.15, 0.2) is 0 Å². The maximum atomic E-state index is 12.9. The van der Waals surface area contributed by atoms with Crippen molar-refractivity contribution in [1.29, 1.82) is 0 Å². The van der Waals surface area contributed by atoms with Crippen LogP contribution in [-0.2, 0) is 6.42 Å². The van der Waals surface area contributed by atoms with Gasteiger partial charge in [-0.3, -0.25) is 0 Å². The molecule has 0 heterocycles. The van der Waals surface area contributed by atoms with Crippen molar-refractivity contribution < 1.29 is 9.13 Å². The number of aryl methyl sites for hydroxylation is 1. The van der Waals surface area contributed by atoms with E-state index in [0.29, 0.717) is 5.75 Å². The summed E-state index contributed by atoms with van der Waals surface area (Å²) in [5, 5.41) is 0.101. The van der Waals surface area contributed by atoms with Gasteiger partial charge in [-0.05, 0) is 18.1 Å². The van der Waals surface area contributed by atoms with Gasteiger partial charge < -0.3 is 4.74 Å². The van der Waals surface area contributed by atoms with Crippen LogP contribution in [0.15, 0.2) is 12.1 Å². The Bertz CT molecular complexity index is 257. The van der Waals surface area contributed by atoms with E-state index in [1.54, 1.807) is 7.11 Å². The van der Waals surface area contributed by atoms with E-state index in [-0.39, 0.29) is 5.02 Å². The minimum atomic E-state index is -0.394. The van der Waals surface area contributed by atoms with Gasteiger partial charge in [0.05, 0.1) is 12.1 Å². The molecule has 0 N–H and O–H groups in total. The number of methoxy groups -OCH3 is 1. The van der Waals surface area contributed by atoms with E-state index in [4.69, 9.17) is 16.3 Å². The lowest BCUT2D eigenvalue weighted by molar-refractivity contribution is 0.409. The van der Waals surface area contributed by atoms with E-state index in [1.165, 1.54) is 12.1 Å². The molecule has 0 bridgehead atoms. The molecule has 0 amide bonds. The van der Waals surface area contributed by atoms with Crippen molar-refractivity contribution in [3.05, 3.63) is 28.5 Å². The highest BCUT2D eigenvalue weighted by molar-refractivity contribution is 6.30. The summed E-state index contributed by atoms with van der Waals surface area (Å²) in [5.41, 5.74) is 0.833. The van der Waals surface area contributed by atoms with Crippen molar-refractivity contribution in [3.8, 4) is 5.75 Å². The quantitative estimate of drug-likeness (QED) is 0.693. The van der Waals surface area contributed by atoms with Crippen LogP contribution in [0.3, 0.4) is 0 Å². The molecule has 0 unspecified atom stereocenters. The maximum Gasteiger partial charge on any atom is 0.142 e. The molecule has 0 saturated heterocycles. The molecule has 1 nitrogen and oxygen atoms in total. The first-order valence-corrected chi connectivity index (χ1v) is 4.08. The topological polar surface area (TPSA) is 9.23 Å². The molecule has 0 aromatic heterocycles. The minimum absolute atomic E-state index is 0.101. The molecule has 0 aliphatic heterocycles. The van der Waals surface area contributed by atoms with Gasteiger partial charge >= 0.3 is 0 Å². The predicted octanol–water partition coefficient (Wildman–Crippen LogP) is 3.05. The summed E-state index contributed by atoms with van der Waals surface area (Å²) in [5.74, 6) is 0.248. The van der Waals surface area contributed by atoms with Crippen molar-refractivity contribution in [2.45, 2.75) is 13.3 Å². The van der Waals surface area contributed by atoms with Gasteiger partial charge in [0, 0.05) is 6.07 Å². The molecule has 0 atom stereocenters. The zero-order chi connectivity index (χ0) is 9.14.